The third-order valence-corrected chi connectivity index (χ3v) is 4.39. The summed E-state index contributed by atoms with van der Waals surface area (Å²) in [6, 6.07) is 16.2. The quantitative estimate of drug-likeness (QED) is 0.841. The van der Waals surface area contributed by atoms with Crippen molar-refractivity contribution >= 4 is 22.8 Å². The van der Waals surface area contributed by atoms with Crippen molar-refractivity contribution in [2.75, 3.05) is 7.11 Å². The summed E-state index contributed by atoms with van der Waals surface area (Å²) >= 11 is 0. The molecule has 0 unspecified atom stereocenters. The highest BCUT2D eigenvalue weighted by molar-refractivity contribution is 6.50. The normalized spacial score (nSPS) is 16.2. The first-order valence-corrected chi connectivity index (χ1v) is 8.21. The maximum Gasteiger partial charge on any atom is 0.118 e. The smallest absolute Gasteiger partial charge is 0.118 e. The van der Waals surface area contributed by atoms with Gasteiger partial charge in [0.15, 0.2) is 0 Å². The molecule has 2 aliphatic rings. The van der Waals surface area contributed by atoms with E-state index >= 15 is 0 Å². The van der Waals surface area contributed by atoms with Crippen LogP contribution < -0.4 is 4.74 Å². The van der Waals surface area contributed by atoms with E-state index in [0.717, 1.165) is 39.7 Å². The van der Waals surface area contributed by atoms with Crippen LogP contribution in [0.1, 0.15) is 29.5 Å². The lowest BCUT2D eigenvalue weighted by atomic mass is 9.98. The predicted octanol–water partition coefficient (Wildman–Crippen LogP) is 3.80. The molecule has 0 amide bonds. The van der Waals surface area contributed by atoms with Crippen LogP contribution in [0.25, 0.3) is 0 Å². The van der Waals surface area contributed by atoms with Gasteiger partial charge in [0.2, 0.25) is 0 Å². The molecule has 0 N–H and O–H groups in total. The zero-order valence-corrected chi connectivity index (χ0v) is 14.2. The van der Waals surface area contributed by atoms with Crippen LogP contribution in [0.2, 0.25) is 0 Å². The van der Waals surface area contributed by atoms with Crippen molar-refractivity contribution in [3.8, 4) is 5.75 Å². The van der Waals surface area contributed by atoms with E-state index in [1.165, 1.54) is 5.56 Å². The zero-order valence-electron chi connectivity index (χ0n) is 14.2. The van der Waals surface area contributed by atoms with Gasteiger partial charge < -0.3 is 4.74 Å². The lowest BCUT2D eigenvalue weighted by Gasteiger charge is -2.04. The highest BCUT2D eigenvalue weighted by atomic mass is 16.5. The Morgan fingerprint density at radius 1 is 0.640 bits per heavy atom. The first-order chi connectivity index (χ1) is 12.2. The first kappa shape index (κ1) is 15.4. The van der Waals surface area contributed by atoms with Gasteiger partial charge in [-0.3, -0.25) is 0 Å². The Kier molecular flexibility index (Phi) is 3.98. The summed E-state index contributed by atoms with van der Waals surface area (Å²) in [6.07, 6.45) is 1.38. The SMILES string of the molecule is COc1ccc(C2=NN=C(C3=NN=C(c4ccc(C)cc4)C3)C2)cc1. The Morgan fingerprint density at radius 3 is 1.56 bits per heavy atom. The number of aryl methyl sites for hydroxylation is 1. The summed E-state index contributed by atoms with van der Waals surface area (Å²) in [6.45, 7) is 2.08. The largest absolute Gasteiger partial charge is 0.497 e. The number of methoxy groups -OCH3 is 1. The highest BCUT2D eigenvalue weighted by Gasteiger charge is 2.24. The van der Waals surface area contributed by atoms with Gasteiger partial charge in [0, 0.05) is 12.8 Å². The standard InChI is InChI=1S/C20H18N4O/c1-13-3-5-14(6-4-13)17-11-19(23-21-17)20-12-18(22-24-20)15-7-9-16(25-2)10-8-15/h3-10H,11-12H2,1-2H3. The average Bonchev–Trinajstić information content (AvgIpc) is 3.32. The van der Waals surface area contributed by atoms with E-state index in [2.05, 4.69) is 51.6 Å². The fraction of sp³-hybridized carbons (Fsp3) is 0.200. The Bertz CT molecular complexity index is 919. The molecule has 0 saturated heterocycles. The molecule has 5 heteroatoms. The molecule has 2 aromatic carbocycles. The fourth-order valence-electron chi connectivity index (χ4n) is 2.87. The number of benzene rings is 2. The molecule has 2 aromatic rings. The van der Waals surface area contributed by atoms with Crippen LogP contribution in [-0.4, -0.2) is 30.0 Å². The maximum absolute atomic E-state index is 5.19. The highest BCUT2D eigenvalue weighted by Crippen LogP contribution is 2.20. The topological polar surface area (TPSA) is 58.7 Å². The third kappa shape index (κ3) is 3.13. The van der Waals surface area contributed by atoms with Gasteiger partial charge in [-0.2, -0.15) is 20.4 Å². The second-order valence-corrected chi connectivity index (χ2v) is 6.13. The number of hydrogen-bond donors (Lipinski definition) is 0. The van der Waals surface area contributed by atoms with Crippen molar-refractivity contribution < 1.29 is 4.74 Å². The average molecular weight is 330 g/mol. The molecule has 0 fully saturated rings. The molecule has 0 aliphatic carbocycles. The third-order valence-electron chi connectivity index (χ3n) is 4.39. The van der Waals surface area contributed by atoms with Gasteiger partial charge >= 0.3 is 0 Å². The van der Waals surface area contributed by atoms with Gasteiger partial charge in [-0.15, -0.1) is 0 Å². The zero-order chi connectivity index (χ0) is 17.2. The molecule has 0 atom stereocenters. The Labute approximate surface area is 146 Å². The van der Waals surface area contributed by atoms with Crippen LogP contribution >= 0.6 is 0 Å². The molecule has 0 spiro atoms. The molecule has 25 heavy (non-hydrogen) atoms. The molecule has 2 aliphatic heterocycles. The van der Waals surface area contributed by atoms with Gasteiger partial charge in [-0.1, -0.05) is 29.8 Å². The molecule has 0 bridgehead atoms. The van der Waals surface area contributed by atoms with Crippen molar-refractivity contribution in [2.45, 2.75) is 19.8 Å². The van der Waals surface area contributed by atoms with E-state index in [1.807, 2.05) is 24.3 Å². The van der Waals surface area contributed by atoms with Crippen LogP contribution in [0.5, 0.6) is 5.75 Å². The van der Waals surface area contributed by atoms with Crippen LogP contribution in [0.15, 0.2) is 68.9 Å². The molecule has 0 radical (unpaired) electrons. The minimum absolute atomic E-state index is 0.682. The van der Waals surface area contributed by atoms with E-state index in [4.69, 9.17) is 4.74 Å². The second kappa shape index (κ2) is 6.43. The molecular weight excluding hydrogens is 312 g/mol. The lowest BCUT2D eigenvalue weighted by molar-refractivity contribution is 0.415. The van der Waals surface area contributed by atoms with Crippen LogP contribution in [0.3, 0.4) is 0 Å². The predicted molar refractivity (Wildman–Crippen MR) is 101 cm³/mol. The molecule has 5 nitrogen and oxygen atoms in total. The van der Waals surface area contributed by atoms with E-state index in [-0.39, 0.29) is 0 Å². The van der Waals surface area contributed by atoms with Gasteiger partial charge in [0.25, 0.3) is 0 Å². The fourth-order valence-corrected chi connectivity index (χ4v) is 2.87. The van der Waals surface area contributed by atoms with Crippen molar-refractivity contribution in [3.05, 3.63) is 65.2 Å². The minimum Gasteiger partial charge on any atom is -0.497 e. The van der Waals surface area contributed by atoms with E-state index in [1.54, 1.807) is 7.11 Å². The summed E-state index contributed by atoms with van der Waals surface area (Å²) in [5.74, 6) is 0.833. The summed E-state index contributed by atoms with van der Waals surface area (Å²) in [5, 5.41) is 17.3. The molecular formula is C20H18N4O. The second-order valence-electron chi connectivity index (χ2n) is 6.13. The number of hydrogen-bond acceptors (Lipinski definition) is 5. The van der Waals surface area contributed by atoms with Crippen molar-refractivity contribution in [2.24, 2.45) is 20.4 Å². The van der Waals surface area contributed by atoms with Gasteiger partial charge in [0.1, 0.15) is 5.75 Å². The van der Waals surface area contributed by atoms with Gasteiger partial charge in [-0.25, -0.2) is 0 Å². The molecule has 4 rings (SSSR count). The molecule has 2 heterocycles. The van der Waals surface area contributed by atoms with Crippen LogP contribution in [0.4, 0.5) is 0 Å². The summed E-state index contributed by atoms with van der Waals surface area (Å²) in [4.78, 5) is 0. The number of rotatable bonds is 4. The molecule has 124 valence electrons. The van der Waals surface area contributed by atoms with E-state index in [9.17, 15) is 0 Å². The van der Waals surface area contributed by atoms with Crippen LogP contribution in [0, 0.1) is 6.92 Å². The van der Waals surface area contributed by atoms with Gasteiger partial charge in [-0.05, 0) is 42.3 Å². The first-order valence-electron chi connectivity index (χ1n) is 8.21. The number of nitrogens with zero attached hydrogens (tertiary/aromatic N) is 4. The van der Waals surface area contributed by atoms with Crippen molar-refractivity contribution in [3.63, 3.8) is 0 Å². The summed E-state index contributed by atoms with van der Waals surface area (Å²) in [5.41, 5.74) is 7.14. The van der Waals surface area contributed by atoms with Crippen LogP contribution in [-0.2, 0) is 0 Å². The van der Waals surface area contributed by atoms with Crippen molar-refractivity contribution in [1.82, 2.24) is 0 Å². The molecule has 0 aromatic heterocycles. The summed E-state index contributed by atoms with van der Waals surface area (Å²) in [7, 11) is 1.66. The minimum atomic E-state index is 0.682. The summed E-state index contributed by atoms with van der Waals surface area (Å²) < 4.78 is 5.19. The maximum atomic E-state index is 5.19. The van der Waals surface area contributed by atoms with Gasteiger partial charge in [0.05, 0.1) is 30.0 Å². The van der Waals surface area contributed by atoms with E-state index in [0.29, 0.717) is 12.8 Å². The Hall–Kier alpha value is -3.08. The van der Waals surface area contributed by atoms with Crippen molar-refractivity contribution in [1.29, 1.82) is 0 Å². The lowest BCUT2D eigenvalue weighted by Crippen LogP contribution is -2.16. The Balaban J connectivity index is 1.41. The number of ether oxygens (including phenoxy) is 1. The molecule has 0 saturated carbocycles. The van der Waals surface area contributed by atoms with E-state index < -0.39 is 0 Å². The Morgan fingerprint density at radius 2 is 1.08 bits per heavy atom. The monoisotopic (exact) mass is 330 g/mol.